The number of nitrogens with one attached hydrogen (secondary N) is 4. The molecule has 5 atom stereocenters. The number of rotatable bonds is 10. The minimum absolute atomic E-state index is 0.0105. The van der Waals surface area contributed by atoms with Crippen LogP contribution in [0, 0.1) is 36.8 Å². The predicted molar refractivity (Wildman–Crippen MR) is 499 cm³/mol. The van der Waals surface area contributed by atoms with Crippen molar-refractivity contribution in [1.82, 2.24) is 26.3 Å². The molecule has 5 aromatic carbocycles. The Bertz CT molecular complexity index is 6000. The van der Waals surface area contributed by atoms with E-state index in [1.54, 1.807) is 35.1 Å². The summed E-state index contributed by atoms with van der Waals surface area (Å²) < 4.78 is 50.7. The van der Waals surface area contributed by atoms with Gasteiger partial charge in [0.2, 0.25) is 17.1 Å². The number of benzene rings is 5. The molecule has 126 heavy (non-hydrogen) atoms. The maximum Gasteiger partial charge on any atom is 0.261 e. The maximum absolute atomic E-state index is 14.5. The van der Waals surface area contributed by atoms with E-state index in [0.29, 0.717) is 124 Å². The lowest BCUT2D eigenvalue weighted by atomic mass is 9.75. The van der Waals surface area contributed by atoms with Crippen molar-refractivity contribution >= 4 is 181 Å². The monoisotopic (exact) mass is 1880 g/mol. The van der Waals surface area contributed by atoms with E-state index in [1.807, 2.05) is 116 Å². The molecule has 11 aromatic rings. The summed E-state index contributed by atoms with van der Waals surface area (Å²) in [4.78, 5) is 91.4. The molecule has 20 rings (SSSR count). The van der Waals surface area contributed by atoms with Gasteiger partial charge in [-0.15, -0.1) is 56.7 Å². The quantitative estimate of drug-likeness (QED) is 0.0940. The molecule has 4 fully saturated rings. The number of ether oxygens (including phenoxy) is 4. The zero-order chi connectivity index (χ0) is 88.0. The fourth-order valence-corrected chi connectivity index (χ4v) is 24.4. The number of pyridine rings is 1. The number of ketones is 1. The van der Waals surface area contributed by atoms with Gasteiger partial charge in [-0.3, -0.25) is 29.0 Å². The molecule has 8 aliphatic heterocycles. The Labute approximate surface area is 772 Å². The number of morpholine rings is 4. The average Bonchev–Trinajstić information content (AvgIpc) is 1.57. The number of aromatic nitrogens is 1. The van der Waals surface area contributed by atoms with E-state index in [1.165, 1.54) is 44.6 Å². The SMILES string of the molecule is CC1(C)C(=O)c2sc(-c3ccncc3)cc2C1c1ccc(Cl)cc1.O=C1NCCC(c2ccc(Cl)cc2)c2cc(N3CCOCC3)sc21.[C-]#[N+]c1c(N2CCOCC2)sc2c1C(c1c(F)cc(Cl)cc1F)CNC2=O.[C-]#[N+]c1c(N2CCOCC2)sc2c1C(c1ccc(Cl)cc1)CCNC2=O.[C-]#[N+]c1c(N2CCOCC2)sc2c1C(c1ccc(Cl)cc1)CNC2=O. The number of hydrogen-bond acceptors (Lipinski definition) is 19. The van der Waals surface area contributed by atoms with Crippen molar-refractivity contribution in [3.63, 3.8) is 0 Å². The van der Waals surface area contributed by atoms with Gasteiger partial charge in [-0.25, -0.2) is 23.3 Å². The summed E-state index contributed by atoms with van der Waals surface area (Å²) in [5.41, 5.74) is 10.9. The van der Waals surface area contributed by atoms with Gasteiger partial charge in [0, 0.05) is 161 Å². The topological polar surface area (TPSA) is 209 Å². The van der Waals surface area contributed by atoms with Crippen LogP contribution in [0.3, 0.4) is 0 Å². The number of halogens is 7. The van der Waals surface area contributed by atoms with Gasteiger partial charge in [0.05, 0.1) is 117 Å². The number of fused-ring (bicyclic) bond motifs is 5. The summed E-state index contributed by atoms with van der Waals surface area (Å²) >= 11 is 37.1. The van der Waals surface area contributed by atoms with Crippen LogP contribution in [-0.4, -0.2) is 166 Å². The summed E-state index contributed by atoms with van der Waals surface area (Å²) in [6.07, 6.45) is 5.23. The molecule has 0 radical (unpaired) electrons. The van der Waals surface area contributed by atoms with Gasteiger partial charge in [0.15, 0.2) is 5.78 Å². The standard InChI is InChI=1S/C20H16ClNOS.C19H18ClN3O2S.C18H14ClF2N3O2S.C18H16ClN3O2S.C18H19ClN2O2S/c1-20(2)17(13-3-5-14(21)6-4-13)15-11-16(24-18(15)19(20)23)12-7-9-22-10-8-12;1-21-16-15-14(12-2-4-13(20)5-3-12)6-7-22-18(24)17(15)26-19(16)23-8-10-25-11-9-23;1-22-15-14-10(13-11(20)6-9(19)7-12(13)21)8-23-17(25)16(14)27-18(15)24-2-4-26-5-3-24;1-20-15-14-13(11-2-4-12(19)5-3-11)10-21-17(23)16(14)25-18(15)22-6-8-24-9-7-22;19-13-3-1-12(2-4-13)14-5-6-20-18(22)17-15(14)11-16(24-17)21-7-9-23-10-8-21/h3-11,17H,1-2H3;2-5,14H,6-11H2,(H,22,24);6-7,10H,2-5,8H2,(H,23,25);2-5,13H,6-10H2,(H,21,23);1-4,11,14H,5-10H2,(H,20,22). The van der Waals surface area contributed by atoms with Crippen molar-refractivity contribution in [3.05, 3.63) is 297 Å². The number of carbonyl (C=O) groups excluding carboxylic acids is 5. The number of anilines is 4. The zero-order valence-electron chi connectivity index (χ0n) is 68.2. The van der Waals surface area contributed by atoms with Gasteiger partial charge in [-0.2, -0.15) is 0 Å². The normalized spacial score (nSPS) is 19.8. The molecule has 648 valence electrons. The van der Waals surface area contributed by atoms with Gasteiger partial charge < -0.3 is 59.8 Å². The lowest BCUT2D eigenvalue weighted by Crippen LogP contribution is -2.35. The van der Waals surface area contributed by atoms with Crippen molar-refractivity contribution in [1.29, 1.82) is 0 Å². The molecule has 5 unspecified atom stereocenters. The first-order valence-electron chi connectivity index (χ1n) is 41.0. The summed E-state index contributed by atoms with van der Waals surface area (Å²) in [6, 6.07) is 41.6. The van der Waals surface area contributed by atoms with Gasteiger partial charge >= 0.3 is 0 Å². The molecule has 9 aliphatic rings. The van der Waals surface area contributed by atoms with E-state index in [-0.39, 0.29) is 75.9 Å². The molecule has 4 saturated heterocycles. The highest BCUT2D eigenvalue weighted by atomic mass is 35.5. The van der Waals surface area contributed by atoms with E-state index in [0.717, 1.165) is 152 Å². The Hall–Kier alpha value is -9.88. The minimum atomic E-state index is -0.790. The van der Waals surface area contributed by atoms with E-state index in [4.69, 9.17) is 96.7 Å². The number of hydrogen-bond donors (Lipinski definition) is 4. The first-order valence-corrected chi connectivity index (χ1v) is 47.0. The van der Waals surface area contributed by atoms with Crippen LogP contribution in [-0.2, 0) is 18.9 Å². The molecule has 0 bridgehead atoms. The highest BCUT2D eigenvalue weighted by molar-refractivity contribution is 7.20. The van der Waals surface area contributed by atoms with Crippen LogP contribution in [0.15, 0.2) is 146 Å². The Morgan fingerprint density at radius 1 is 0.405 bits per heavy atom. The van der Waals surface area contributed by atoms with E-state index in [2.05, 4.69) is 79.8 Å². The predicted octanol–water partition coefficient (Wildman–Crippen LogP) is 21.0. The van der Waals surface area contributed by atoms with Gasteiger partial charge in [0.25, 0.3) is 23.6 Å². The fourth-order valence-electron chi connectivity index (χ4n) is 17.4. The zero-order valence-corrected chi connectivity index (χ0v) is 76.1. The number of amides is 4. The van der Waals surface area contributed by atoms with Crippen LogP contribution >= 0.6 is 115 Å². The summed E-state index contributed by atoms with van der Waals surface area (Å²) in [5.74, 6) is -2.32. The molecule has 21 nitrogen and oxygen atoms in total. The second-order valence-electron chi connectivity index (χ2n) is 31.4. The molecule has 6 aromatic heterocycles. The van der Waals surface area contributed by atoms with E-state index in [9.17, 15) is 32.8 Å². The van der Waals surface area contributed by atoms with Crippen LogP contribution < -0.4 is 40.9 Å². The Balaban J connectivity index is 0.000000116. The fraction of sp³-hybridized carbons (Fsp3) is 0.323. The molecule has 1 aliphatic carbocycles. The van der Waals surface area contributed by atoms with Gasteiger partial charge in [-0.05, 0) is 153 Å². The third kappa shape index (κ3) is 18.9. The Kier molecular flexibility index (Phi) is 28.3. The van der Waals surface area contributed by atoms with E-state index >= 15 is 0 Å². The van der Waals surface area contributed by atoms with Crippen molar-refractivity contribution in [3.8, 4) is 10.4 Å². The van der Waals surface area contributed by atoms with Crippen LogP contribution in [0.4, 0.5) is 45.8 Å². The molecular formula is C93H83Cl5F2N12O9S5. The maximum atomic E-state index is 14.5. The summed E-state index contributed by atoms with van der Waals surface area (Å²) in [5, 5.41) is 18.0. The number of Topliss-reactive ketones (excluding diaryl/α,β-unsaturated/α-hetero) is 1. The molecule has 0 saturated carbocycles. The number of nitrogens with zero attached hydrogens (tertiary/aromatic N) is 8. The molecule has 0 spiro atoms. The first-order chi connectivity index (χ1) is 61.1. The summed E-state index contributed by atoms with van der Waals surface area (Å²) in [6.45, 7) is 40.1. The van der Waals surface area contributed by atoms with E-state index < -0.39 is 23.0 Å². The highest BCUT2D eigenvalue weighted by Gasteiger charge is 2.49. The van der Waals surface area contributed by atoms with Crippen LogP contribution in [0.1, 0.15) is 160 Å². The van der Waals surface area contributed by atoms with Crippen molar-refractivity contribution in [2.75, 3.05) is 151 Å². The number of carbonyl (C=O) groups is 5. The third-order valence-corrected chi connectivity index (χ3v) is 31.0. The average molecular weight is 1890 g/mol. The second kappa shape index (κ2) is 39.8. The second-order valence-corrected chi connectivity index (χ2v) is 38.7. The largest absolute Gasteiger partial charge is 0.378 e. The molecule has 4 N–H and O–H groups in total. The van der Waals surface area contributed by atoms with Crippen molar-refractivity contribution in [2.24, 2.45) is 5.41 Å². The van der Waals surface area contributed by atoms with Crippen LogP contribution in [0.25, 0.3) is 25.0 Å². The molecular weight excluding hydrogens is 1800 g/mol. The van der Waals surface area contributed by atoms with Crippen molar-refractivity contribution in [2.45, 2.75) is 56.3 Å². The van der Waals surface area contributed by atoms with Gasteiger partial charge in [-0.1, -0.05) is 120 Å². The van der Waals surface area contributed by atoms with Crippen LogP contribution in [0.2, 0.25) is 25.1 Å². The lowest BCUT2D eigenvalue weighted by Gasteiger charge is -2.28. The van der Waals surface area contributed by atoms with Gasteiger partial charge in [0.1, 0.15) is 11.6 Å². The Morgan fingerprint density at radius 3 is 1.22 bits per heavy atom. The number of thiophene rings is 5. The minimum Gasteiger partial charge on any atom is -0.378 e. The summed E-state index contributed by atoms with van der Waals surface area (Å²) in [7, 11) is 0. The Morgan fingerprint density at radius 2 is 0.778 bits per heavy atom. The third-order valence-electron chi connectivity index (χ3n) is 23.6. The smallest absolute Gasteiger partial charge is 0.261 e. The lowest BCUT2D eigenvalue weighted by molar-refractivity contribution is 0.0849. The molecule has 14 heterocycles. The first kappa shape index (κ1) is 89.5. The molecule has 33 heteroatoms. The highest BCUT2D eigenvalue weighted by Crippen LogP contribution is 2.57. The molecule has 4 amide bonds. The van der Waals surface area contributed by atoms with Crippen molar-refractivity contribution < 1.29 is 51.7 Å². The van der Waals surface area contributed by atoms with Crippen LogP contribution in [0.5, 0.6) is 0 Å².